The van der Waals surface area contributed by atoms with Crippen LogP contribution >= 0.6 is 12.2 Å². The zero-order valence-electron chi connectivity index (χ0n) is 14.5. The number of nitrogens with one attached hydrogen (secondary N) is 3. The number of hydrogen-bond acceptors (Lipinski definition) is 3. The molecule has 0 aliphatic heterocycles. The molecule has 1 heterocycles. The molecule has 128 valence electrons. The second kappa shape index (κ2) is 7.94. The molecule has 0 aliphatic carbocycles. The van der Waals surface area contributed by atoms with Gasteiger partial charge in [-0.1, -0.05) is 29.8 Å². The van der Waals surface area contributed by atoms with Crippen LogP contribution < -0.4 is 16.0 Å². The van der Waals surface area contributed by atoms with Gasteiger partial charge in [-0.15, -0.1) is 0 Å². The molecule has 0 saturated heterocycles. The summed E-state index contributed by atoms with van der Waals surface area (Å²) in [5.74, 6) is 0. The molecule has 1 aromatic heterocycles. The molecule has 2 aromatic carbocycles. The van der Waals surface area contributed by atoms with Crippen molar-refractivity contribution >= 4 is 39.6 Å². The number of pyridine rings is 1. The maximum Gasteiger partial charge on any atom is 0.170 e. The number of thiocarbonyl (C=S) groups is 1. The van der Waals surface area contributed by atoms with Crippen LogP contribution in [-0.2, 0) is 0 Å². The van der Waals surface area contributed by atoms with Crippen LogP contribution in [0.5, 0.6) is 0 Å². The normalized spacial score (nSPS) is 10.5. The molecule has 0 bridgehead atoms. The average molecular weight is 350 g/mol. The number of aromatic nitrogens is 1. The van der Waals surface area contributed by atoms with Gasteiger partial charge in [0.25, 0.3) is 0 Å². The summed E-state index contributed by atoms with van der Waals surface area (Å²) in [6.07, 6.45) is 0. The number of aryl methyl sites for hydroxylation is 2. The summed E-state index contributed by atoms with van der Waals surface area (Å²) in [6, 6.07) is 18.3. The minimum atomic E-state index is 0.625. The van der Waals surface area contributed by atoms with Crippen molar-refractivity contribution in [1.82, 2.24) is 10.3 Å². The topological polar surface area (TPSA) is 49.0 Å². The first-order valence-electron chi connectivity index (χ1n) is 8.33. The Kier molecular flexibility index (Phi) is 5.46. The smallest absolute Gasteiger partial charge is 0.170 e. The third kappa shape index (κ3) is 4.67. The molecule has 0 atom stereocenters. The molecule has 0 aliphatic rings. The lowest BCUT2D eigenvalue weighted by Crippen LogP contribution is -2.32. The van der Waals surface area contributed by atoms with Gasteiger partial charge in [0.2, 0.25) is 0 Å². The molecular formula is C20H22N4S. The monoisotopic (exact) mass is 350 g/mol. The molecule has 4 nitrogen and oxygen atoms in total. The SMILES string of the molecule is Cc1ccc2nc(C)cc(NCCNC(=S)Nc3ccccc3)c2c1. The zero-order valence-corrected chi connectivity index (χ0v) is 15.3. The molecule has 3 aromatic rings. The summed E-state index contributed by atoms with van der Waals surface area (Å²) in [7, 11) is 0. The number of anilines is 2. The Bertz CT molecular complexity index is 878. The van der Waals surface area contributed by atoms with Gasteiger partial charge in [-0.3, -0.25) is 4.98 Å². The number of benzene rings is 2. The molecule has 0 radical (unpaired) electrons. The zero-order chi connectivity index (χ0) is 17.6. The highest BCUT2D eigenvalue weighted by atomic mass is 32.1. The van der Waals surface area contributed by atoms with Crippen LogP contribution in [0.3, 0.4) is 0 Å². The number of rotatable bonds is 5. The summed E-state index contributed by atoms with van der Waals surface area (Å²) in [5, 5.41) is 11.6. The molecular weight excluding hydrogens is 328 g/mol. The van der Waals surface area contributed by atoms with Gasteiger partial charge >= 0.3 is 0 Å². The van der Waals surface area contributed by atoms with E-state index in [1.165, 1.54) is 5.56 Å². The lowest BCUT2D eigenvalue weighted by molar-refractivity contribution is 0.916. The van der Waals surface area contributed by atoms with Crippen LogP contribution in [0.2, 0.25) is 0 Å². The van der Waals surface area contributed by atoms with Crippen LogP contribution in [-0.4, -0.2) is 23.2 Å². The standard InChI is InChI=1S/C20H22N4S/c1-14-8-9-18-17(12-14)19(13-15(2)23-18)21-10-11-22-20(25)24-16-6-4-3-5-7-16/h3-9,12-13H,10-11H2,1-2H3,(H,21,23)(H2,22,24,25). The first-order chi connectivity index (χ1) is 12.1. The Morgan fingerprint density at radius 2 is 1.80 bits per heavy atom. The summed E-state index contributed by atoms with van der Waals surface area (Å²) in [4.78, 5) is 4.59. The van der Waals surface area contributed by atoms with Crippen molar-refractivity contribution in [3.8, 4) is 0 Å². The van der Waals surface area contributed by atoms with Crippen molar-refractivity contribution in [3.63, 3.8) is 0 Å². The van der Waals surface area contributed by atoms with Crippen molar-refractivity contribution < 1.29 is 0 Å². The van der Waals surface area contributed by atoms with E-state index < -0.39 is 0 Å². The fourth-order valence-corrected chi connectivity index (χ4v) is 2.91. The predicted octanol–water partition coefficient (Wildman–Crippen LogP) is 4.25. The van der Waals surface area contributed by atoms with Crippen molar-refractivity contribution in [3.05, 3.63) is 65.9 Å². The third-order valence-corrected chi connectivity index (χ3v) is 4.10. The van der Waals surface area contributed by atoms with Gasteiger partial charge in [0.1, 0.15) is 0 Å². The Labute approximate surface area is 153 Å². The second-order valence-electron chi connectivity index (χ2n) is 6.01. The van der Waals surface area contributed by atoms with Crippen LogP contribution in [0, 0.1) is 13.8 Å². The summed E-state index contributed by atoms with van der Waals surface area (Å²) in [5.41, 5.74) is 5.34. The minimum Gasteiger partial charge on any atom is -0.383 e. The van der Waals surface area contributed by atoms with Crippen LogP contribution in [0.15, 0.2) is 54.6 Å². The van der Waals surface area contributed by atoms with Gasteiger partial charge in [-0.05, 0) is 56.4 Å². The Balaban J connectivity index is 1.56. The van der Waals surface area contributed by atoms with E-state index in [0.717, 1.165) is 41.1 Å². The first-order valence-corrected chi connectivity index (χ1v) is 8.74. The Hall–Kier alpha value is -2.66. The van der Waals surface area contributed by atoms with Crippen molar-refractivity contribution in [2.45, 2.75) is 13.8 Å². The average Bonchev–Trinajstić information content (AvgIpc) is 2.60. The molecule has 0 unspecified atom stereocenters. The predicted molar refractivity (Wildman–Crippen MR) is 110 cm³/mol. The summed E-state index contributed by atoms with van der Waals surface area (Å²) < 4.78 is 0. The fourth-order valence-electron chi connectivity index (χ4n) is 2.69. The van der Waals surface area contributed by atoms with E-state index >= 15 is 0 Å². The molecule has 3 rings (SSSR count). The highest BCUT2D eigenvalue weighted by Gasteiger charge is 2.04. The molecule has 0 saturated carbocycles. The second-order valence-corrected chi connectivity index (χ2v) is 6.41. The van der Waals surface area contributed by atoms with Gasteiger partial charge in [-0.25, -0.2) is 0 Å². The number of para-hydroxylation sites is 1. The molecule has 3 N–H and O–H groups in total. The van der Waals surface area contributed by atoms with Gasteiger partial charge in [-0.2, -0.15) is 0 Å². The summed E-state index contributed by atoms with van der Waals surface area (Å²) >= 11 is 5.32. The quantitative estimate of drug-likeness (QED) is 0.474. The van der Waals surface area contributed by atoms with Crippen LogP contribution in [0.25, 0.3) is 10.9 Å². The largest absolute Gasteiger partial charge is 0.383 e. The minimum absolute atomic E-state index is 0.625. The lowest BCUT2D eigenvalue weighted by atomic mass is 10.1. The molecule has 0 spiro atoms. The number of nitrogens with zero attached hydrogens (tertiary/aromatic N) is 1. The fraction of sp³-hybridized carbons (Fsp3) is 0.200. The maximum atomic E-state index is 5.32. The van der Waals surface area contributed by atoms with Crippen molar-refractivity contribution in [2.75, 3.05) is 23.7 Å². The van der Waals surface area contributed by atoms with Gasteiger partial charge in [0, 0.05) is 35.5 Å². The van der Waals surface area contributed by atoms with Gasteiger partial charge < -0.3 is 16.0 Å². The number of hydrogen-bond donors (Lipinski definition) is 3. The van der Waals surface area contributed by atoms with Gasteiger partial charge in [0.05, 0.1) is 5.52 Å². The van der Waals surface area contributed by atoms with E-state index in [9.17, 15) is 0 Å². The van der Waals surface area contributed by atoms with Crippen LogP contribution in [0.1, 0.15) is 11.3 Å². The third-order valence-electron chi connectivity index (χ3n) is 3.85. The van der Waals surface area contributed by atoms with E-state index in [2.05, 4.69) is 52.1 Å². The highest BCUT2D eigenvalue weighted by Crippen LogP contribution is 2.24. The molecule has 0 amide bonds. The maximum absolute atomic E-state index is 5.32. The van der Waals surface area contributed by atoms with E-state index in [1.807, 2.05) is 37.3 Å². The highest BCUT2D eigenvalue weighted by molar-refractivity contribution is 7.80. The van der Waals surface area contributed by atoms with Crippen molar-refractivity contribution in [1.29, 1.82) is 0 Å². The molecule has 0 fully saturated rings. The summed E-state index contributed by atoms with van der Waals surface area (Å²) in [6.45, 7) is 5.61. The van der Waals surface area contributed by atoms with E-state index in [0.29, 0.717) is 5.11 Å². The van der Waals surface area contributed by atoms with Crippen LogP contribution in [0.4, 0.5) is 11.4 Å². The Morgan fingerprint density at radius 3 is 2.60 bits per heavy atom. The Morgan fingerprint density at radius 1 is 1.00 bits per heavy atom. The van der Waals surface area contributed by atoms with E-state index in [-0.39, 0.29) is 0 Å². The van der Waals surface area contributed by atoms with Gasteiger partial charge in [0.15, 0.2) is 5.11 Å². The first kappa shape index (κ1) is 17.2. The van der Waals surface area contributed by atoms with E-state index in [1.54, 1.807) is 0 Å². The number of fused-ring (bicyclic) bond motifs is 1. The molecule has 5 heteroatoms. The molecule has 25 heavy (non-hydrogen) atoms. The lowest BCUT2D eigenvalue weighted by Gasteiger charge is -2.13. The van der Waals surface area contributed by atoms with E-state index in [4.69, 9.17) is 12.2 Å². The van der Waals surface area contributed by atoms with Crippen molar-refractivity contribution in [2.24, 2.45) is 0 Å².